The van der Waals surface area contributed by atoms with Crippen molar-refractivity contribution in [2.24, 2.45) is 0 Å². The summed E-state index contributed by atoms with van der Waals surface area (Å²) in [6, 6.07) is 15.9. The van der Waals surface area contributed by atoms with Gasteiger partial charge in [-0.1, -0.05) is 42.3 Å². The van der Waals surface area contributed by atoms with Crippen molar-refractivity contribution in [2.75, 3.05) is 43.5 Å². The Bertz CT molecular complexity index is 1970. The third kappa shape index (κ3) is 7.64. The van der Waals surface area contributed by atoms with E-state index in [9.17, 15) is 9.59 Å². The minimum Gasteiger partial charge on any atom is -0.381 e. The average molecular weight is 719 g/mol. The van der Waals surface area contributed by atoms with Crippen molar-refractivity contribution >= 4 is 34.8 Å². The number of carbonyl (C=O) groups excluding carboxylic acids is 2. The zero-order valence-electron chi connectivity index (χ0n) is 29.9. The fraction of sp³-hybridized carbons (Fsp3) is 0.429. The Labute approximate surface area is 311 Å². The number of aromatic nitrogens is 2. The van der Waals surface area contributed by atoms with Crippen LogP contribution < -0.4 is 10.6 Å². The number of nitrogens with one attached hydrogen (secondary N) is 2. The van der Waals surface area contributed by atoms with Crippen LogP contribution in [0.4, 0.5) is 11.4 Å². The number of benzene rings is 2. The average Bonchev–Trinajstić information content (AvgIpc) is 4.03. The first-order valence-corrected chi connectivity index (χ1v) is 19.3. The lowest BCUT2D eigenvalue weighted by molar-refractivity contribution is 0.0290. The standard InChI is InChI=1S/C42H47ClN6O3/c1-27-33(7-5-9-36(27)46-42(51)39-22-35(28-11-12-28)31(24-45-39)25-48-16-3-2-4-17-48)34-8-6-10-37(40(34)43)47-41(50)38-21-29-13-18-49(26-30(29)23-44-38)32-14-19-52-20-15-32/h5-10,21-24,28,32H,2-4,11-20,25-26H2,1H3,(H,46,51)(H,47,50). The Morgan fingerprint density at radius 2 is 1.52 bits per heavy atom. The highest BCUT2D eigenvalue weighted by Crippen LogP contribution is 2.42. The number of hydrogen-bond donors (Lipinski definition) is 2. The van der Waals surface area contributed by atoms with E-state index in [-0.39, 0.29) is 11.8 Å². The van der Waals surface area contributed by atoms with Crippen LogP contribution in [0.25, 0.3) is 11.1 Å². The number of hydrogen-bond acceptors (Lipinski definition) is 7. The van der Waals surface area contributed by atoms with Gasteiger partial charge in [-0.3, -0.25) is 29.4 Å². The van der Waals surface area contributed by atoms with E-state index in [0.717, 1.165) is 81.9 Å². The molecular weight excluding hydrogens is 672 g/mol. The van der Waals surface area contributed by atoms with Crippen LogP contribution in [0, 0.1) is 6.92 Å². The molecule has 3 aliphatic heterocycles. The smallest absolute Gasteiger partial charge is 0.274 e. The molecule has 1 saturated carbocycles. The number of nitrogens with zero attached hydrogens (tertiary/aromatic N) is 4. The second kappa shape index (κ2) is 15.4. The van der Waals surface area contributed by atoms with Crippen LogP contribution >= 0.6 is 11.6 Å². The molecule has 2 aromatic carbocycles. The van der Waals surface area contributed by atoms with Gasteiger partial charge in [0.1, 0.15) is 11.4 Å². The number of piperidine rings is 1. The van der Waals surface area contributed by atoms with E-state index in [0.29, 0.717) is 39.7 Å². The van der Waals surface area contributed by atoms with Crippen molar-refractivity contribution in [2.45, 2.75) is 83.3 Å². The summed E-state index contributed by atoms with van der Waals surface area (Å²) < 4.78 is 5.55. The molecule has 8 rings (SSSR count). The first-order valence-electron chi connectivity index (χ1n) is 18.9. The zero-order chi connectivity index (χ0) is 35.6. The first kappa shape index (κ1) is 34.9. The molecule has 0 spiro atoms. The summed E-state index contributed by atoms with van der Waals surface area (Å²) >= 11 is 6.99. The lowest BCUT2D eigenvalue weighted by atomic mass is 9.97. The Morgan fingerprint density at radius 3 is 2.29 bits per heavy atom. The fourth-order valence-electron chi connectivity index (χ4n) is 8.11. The molecule has 52 heavy (non-hydrogen) atoms. The van der Waals surface area contributed by atoms with Gasteiger partial charge in [0.2, 0.25) is 0 Å². The van der Waals surface area contributed by atoms with Gasteiger partial charge in [-0.15, -0.1) is 0 Å². The number of fused-ring (bicyclic) bond motifs is 1. The molecule has 2 N–H and O–H groups in total. The van der Waals surface area contributed by atoms with Gasteiger partial charge in [0.05, 0.1) is 10.7 Å². The van der Waals surface area contributed by atoms with Gasteiger partial charge in [0.15, 0.2) is 0 Å². The maximum atomic E-state index is 13.6. The maximum absolute atomic E-state index is 13.6. The van der Waals surface area contributed by atoms with Crippen LogP contribution in [0.15, 0.2) is 60.9 Å². The van der Waals surface area contributed by atoms with Crippen molar-refractivity contribution in [3.05, 3.63) is 105 Å². The second-order valence-corrected chi connectivity index (χ2v) is 15.2. The molecule has 4 aliphatic rings. The molecule has 0 radical (unpaired) electrons. The van der Waals surface area contributed by atoms with Gasteiger partial charge in [0, 0.05) is 62.5 Å². The fourth-order valence-corrected chi connectivity index (χ4v) is 8.38. The molecule has 2 saturated heterocycles. The third-order valence-electron chi connectivity index (χ3n) is 11.3. The molecule has 5 heterocycles. The lowest BCUT2D eigenvalue weighted by Crippen LogP contribution is -2.42. The van der Waals surface area contributed by atoms with Crippen LogP contribution in [-0.2, 0) is 24.2 Å². The third-order valence-corrected chi connectivity index (χ3v) is 11.7. The molecule has 3 fully saturated rings. The van der Waals surface area contributed by atoms with Gasteiger partial charge in [0.25, 0.3) is 11.8 Å². The first-order chi connectivity index (χ1) is 25.4. The van der Waals surface area contributed by atoms with E-state index < -0.39 is 0 Å². The Morgan fingerprint density at radius 1 is 0.827 bits per heavy atom. The Balaban J connectivity index is 0.959. The maximum Gasteiger partial charge on any atom is 0.274 e. The van der Waals surface area contributed by atoms with E-state index in [2.05, 4.69) is 30.4 Å². The summed E-state index contributed by atoms with van der Waals surface area (Å²) in [6.45, 7) is 8.60. The molecule has 0 unspecified atom stereocenters. The lowest BCUT2D eigenvalue weighted by Gasteiger charge is -2.37. The topological polar surface area (TPSA) is 99.7 Å². The summed E-state index contributed by atoms with van der Waals surface area (Å²) in [6.07, 6.45) is 12.9. The molecule has 2 amide bonds. The predicted octanol–water partition coefficient (Wildman–Crippen LogP) is 8.01. The second-order valence-electron chi connectivity index (χ2n) is 14.8. The summed E-state index contributed by atoms with van der Waals surface area (Å²) in [5.74, 6) is -0.00964. The summed E-state index contributed by atoms with van der Waals surface area (Å²) in [4.78, 5) is 41.3. The number of amides is 2. The van der Waals surface area contributed by atoms with Gasteiger partial charge < -0.3 is 15.4 Å². The summed E-state index contributed by atoms with van der Waals surface area (Å²) in [5, 5.41) is 6.54. The van der Waals surface area contributed by atoms with Crippen molar-refractivity contribution in [3.8, 4) is 11.1 Å². The molecule has 0 bridgehead atoms. The van der Waals surface area contributed by atoms with Crippen molar-refractivity contribution in [1.29, 1.82) is 0 Å². The SMILES string of the molecule is Cc1c(NC(=O)c2cc(C3CC3)c(CN3CCCCC3)cn2)cccc1-c1cccc(NC(=O)c2cc3c(cn2)CN(C2CCOCC2)CC3)c1Cl. The van der Waals surface area contributed by atoms with Crippen molar-refractivity contribution < 1.29 is 14.3 Å². The van der Waals surface area contributed by atoms with Crippen LogP contribution in [-0.4, -0.2) is 70.5 Å². The van der Waals surface area contributed by atoms with Crippen molar-refractivity contribution in [1.82, 2.24) is 19.8 Å². The largest absolute Gasteiger partial charge is 0.381 e. The van der Waals surface area contributed by atoms with E-state index in [1.54, 1.807) is 6.07 Å². The molecular formula is C42H47ClN6O3. The van der Waals surface area contributed by atoms with Crippen LogP contribution in [0.2, 0.25) is 5.02 Å². The van der Waals surface area contributed by atoms with Crippen LogP contribution in [0.1, 0.15) is 99.7 Å². The van der Waals surface area contributed by atoms with Gasteiger partial charge in [-0.2, -0.15) is 0 Å². The highest BCUT2D eigenvalue weighted by molar-refractivity contribution is 6.36. The van der Waals surface area contributed by atoms with Gasteiger partial charge in [-0.05, 0) is 129 Å². The quantitative estimate of drug-likeness (QED) is 0.181. The molecule has 270 valence electrons. The summed E-state index contributed by atoms with van der Waals surface area (Å²) in [5.41, 5.74) is 9.37. The van der Waals surface area contributed by atoms with Crippen molar-refractivity contribution in [3.63, 3.8) is 0 Å². The van der Waals surface area contributed by atoms with Gasteiger partial charge in [-0.25, -0.2) is 0 Å². The number of carbonyl (C=O) groups is 2. The summed E-state index contributed by atoms with van der Waals surface area (Å²) in [7, 11) is 0. The predicted molar refractivity (Wildman–Crippen MR) is 205 cm³/mol. The number of rotatable bonds is 9. The number of halogens is 1. The number of likely N-dealkylation sites (tertiary alicyclic amines) is 1. The molecule has 2 aromatic heterocycles. The zero-order valence-corrected chi connectivity index (χ0v) is 30.7. The van der Waals surface area contributed by atoms with Gasteiger partial charge >= 0.3 is 0 Å². The minimum atomic E-state index is -0.300. The van der Waals surface area contributed by atoms with E-state index in [1.807, 2.05) is 61.8 Å². The van der Waals surface area contributed by atoms with Crippen LogP contribution in [0.3, 0.4) is 0 Å². The molecule has 0 atom stereocenters. The number of pyridine rings is 2. The van der Waals surface area contributed by atoms with Crippen LogP contribution in [0.5, 0.6) is 0 Å². The Kier molecular flexibility index (Phi) is 10.4. The molecule has 4 aromatic rings. The molecule has 1 aliphatic carbocycles. The normalized spacial score (nSPS) is 18.5. The molecule has 9 nitrogen and oxygen atoms in total. The monoisotopic (exact) mass is 718 g/mol. The van der Waals surface area contributed by atoms with E-state index in [1.165, 1.54) is 54.4 Å². The Hall–Kier alpha value is -4.15. The van der Waals surface area contributed by atoms with E-state index in [4.69, 9.17) is 16.3 Å². The molecule has 10 heteroatoms. The highest BCUT2D eigenvalue weighted by atomic mass is 35.5. The van der Waals surface area contributed by atoms with E-state index >= 15 is 0 Å². The minimum absolute atomic E-state index is 0.229. The number of ether oxygens (including phenoxy) is 1. The highest BCUT2D eigenvalue weighted by Gasteiger charge is 2.29. The number of anilines is 2.